The highest BCUT2D eigenvalue weighted by molar-refractivity contribution is 9.10. The van der Waals surface area contributed by atoms with Crippen LogP contribution < -0.4 is 11.3 Å². The number of nitrogens with two attached hydrogens (primary N) is 1. The van der Waals surface area contributed by atoms with Crippen LogP contribution in [0.2, 0.25) is 0 Å². The van der Waals surface area contributed by atoms with E-state index in [9.17, 15) is 4.79 Å². The number of halogens is 1. The van der Waals surface area contributed by atoms with E-state index in [0.29, 0.717) is 17.9 Å². The van der Waals surface area contributed by atoms with Gasteiger partial charge < -0.3 is 10.3 Å². The first-order valence-electron chi connectivity index (χ1n) is 6.02. The van der Waals surface area contributed by atoms with Crippen LogP contribution in [0.3, 0.4) is 0 Å². The lowest BCUT2D eigenvalue weighted by atomic mass is 10.2. The highest BCUT2D eigenvalue weighted by atomic mass is 79.9. The number of nitrogen functional groups attached to an aromatic ring is 1. The molecule has 104 valence electrons. The van der Waals surface area contributed by atoms with Gasteiger partial charge in [-0.05, 0) is 29.8 Å². The second-order valence-electron chi connectivity index (χ2n) is 4.37. The number of benzene rings is 1. The van der Waals surface area contributed by atoms with Crippen LogP contribution in [0.25, 0.3) is 0 Å². The summed E-state index contributed by atoms with van der Waals surface area (Å²) in [5.41, 5.74) is 4.03. The molecule has 0 aliphatic heterocycles. The van der Waals surface area contributed by atoms with Crippen molar-refractivity contribution in [2.45, 2.75) is 6.54 Å². The first-order chi connectivity index (χ1) is 9.60. The van der Waals surface area contributed by atoms with E-state index in [2.05, 4.69) is 26.3 Å². The Morgan fingerprint density at radius 3 is 2.90 bits per heavy atom. The van der Waals surface area contributed by atoms with Crippen LogP contribution >= 0.6 is 15.9 Å². The average molecular weight is 335 g/mol. The molecule has 1 aromatic heterocycles. The van der Waals surface area contributed by atoms with Crippen molar-refractivity contribution in [2.24, 2.45) is 5.84 Å². The minimum Gasteiger partial charge on any atom is -0.337 e. The number of hydrazine groups is 1. The summed E-state index contributed by atoms with van der Waals surface area (Å²) in [4.78, 5) is 18.0. The van der Waals surface area contributed by atoms with Gasteiger partial charge in [0.05, 0.1) is 0 Å². The molecule has 0 atom stereocenters. The third-order valence-corrected chi connectivity index (χ3v) is 3.30. The van der Waals surface area contributed by atoms with E-state index in [1.165, 1.54) is 0 Å². The maximum atomic E-state index is 12.3. The van der Waals surface area contributed by atoms with Crippen molar-refractivity contribution in [1.29, 1.82) is 0 Å². The Hall–Kier alpha value is -1.92. The number of amides is 1. The van der Waals surface area contributed by atoms with Gasteiger partial charge in [-0.1, -0.05) is 28.1 Å². The van der Waals surface area contributed by atoms with Crippen LogP contribution in [0.15, 0.2) is 47.1 Å². The van der Waals surface area contributed by atoms with Gasteiger partial charge in [0.15, 0.2) is 0 Å². The summed E-state index contributed by atoms with van der Waals surface area (Å²) in [6, 6.07) is 11.2. The molecule has 3 N–H and O–H groups in total. The molecule has 20 heavy (non-hydrogen) atoms. The van der Waals surface area contributed by atoms with E-state index in [4.69, 9.17) is 5.84 Å². The number of pyridine rings is 1. The second kappa shape index (κ2) is 6.49. The van der Waals surface area contributed by atoms with Gasteiger partial charge in [-0.15, -0.1) is 0 Å². The summed E-state index contributed by atoms with van der Waals surface area (Å²) in [7, 11) is 1.76. The molecule has 1 heterocycles. The van der Waals surface area contributed by atoms with Gasteiger partial charge in [0.1, 0.15) is 5.82 Å². The first-order valence-corrected chi connectivity index (χ1v) is 6.82. The Morgan fingerprint density at radius 2 is 2.20 bits per heavy atom. The zero-order chi connectivity index (χ0) is 14.5. The first kappa shape index (κ1) is 14.5. The molecule has 0 fully saturated rings. The number of hydrogen-bond donors (Lipinski definition) is 2. The summed E-state index contributed by atoms with van der Waals surface area (Å²) in [6.45, 7) is 0.534. The summed E-state index contributed by atoms with van der Waals surface area (Å²) < 4.78 is 0.995. The lowest BCUT2D eigenvalue weighted by Gasteiger charge is -2.17. The number of anilines is 1. The zero-order valence-electron chi connectivity index (χ0n) is 11.0. The smallest absolute Gasteiger partial charge is 0.254 e. The topological polar surface area (TPSA) is 71.2 Å². The number of rotatable bonds is 4. The summed E-state index contributed by atoms with van der Waals surface area (Å²) >= 11 is 3.42. The Labute approximate surface area is 125 Å². The van der Waals surface area contributed by atoms with Gasteiger partial charge in [-0.3, -0.25) is 4.79 Å². The molecule has 0 aliphatic carbocycles. The molecule has 0 aliphatic rings. The van der Waals surface area contributed by atoms with Crippen molar-refractivity contribution >= 4 is 27.7 Å². The molecule has 0 bridgehead atoms. The SMILES string of the molecule is CN(Cc1cccc(Br)c1)C(=O)c1ccnc(NN)c1. The fraction of sp³-hybridized carbons (Fsp3) is 0.143. The minimum atomic E-state index is -0.0797. The standard InChI is InChI=1S/C14H15BrN4O/c1-19(9-10-3-2-4-12(15)7-10)14(20)11-5-6-17-13(8-11)18-16/h2-8H,9,16H2,1H3,(H,17,18). The predicted molar refractivity (Wildman–Crippen MR) is 82.0 cm³/mol. The number of carbonyl (C=O) groups is 1. The van der Waals surface area contributed by atoms with Crippen molar-refractivity contribution in [2.75, 3.05) is 12.5 Å². The van der Waals surface area contributed by atoms with Gasteiger partial charge in [-0.25, -0.2) is 10.8 Å². The Bertz CT molecular complexity index is 618. The van der Waals surface area contributed by atoms with E-state index in [-0.39, 0.29) is 5.91 Å². The number of aromatic nitrogens is 1. The van der Waals surface area contributed by atoms with Crippen LogP contribution in [-0.4, -0.2) is 22.8 Å². The fourth-order valence-electron chi connectivity index (χ4n) is 1.84. The van der Waals surface area contributed by atoms with E-state index >= 15 is 0 Å². The van der Waals surface area contributed by atoms with Crippen LogP contribution in [0.4, 0.5) is 5.82 Å². The van der Waals surface area contributed by atoms with Crippen LogP contribution in [0.5, 0.6) is 0 Å². The molecule has 0 saturated heterocycles. The fourth-order valence-corrected chi connectivity index (χ4v) is 2.29. The quantitative estimate of drug-likeness (QED) is 0.665. The van der Waals surface area contributed by atoms with E-state index in [1.807, 2.05) is 24.3 Å². The third kappa shape index (κ3) is 3.55. The van der Waals surface area contributed by atoms with Crippen molar-refractivity contribution < 1.29 is 4.79 Å². The lowest BCUT2D eigenvalue weighted by molar-refractivity contribution is 0.0785. The second-order valence-corrected chi connectivity index (χ2v) is 5.28. The Kier molecular flexibility index (Phi) is 4.70. The van der Waals surface area contributed by atoms with Gasteiger partial charge in [0.2, 0.25) is 0 Å². The van der Waals surface area contributed by atoms with Crippen molar-refractivity contribution in [3.63, 3.8) is 0 Å². The van der Waals surface area contributed by atoms with Crippen LogP contribution in [0.1, 0.15) is 15.9 Å². The summed E-state index contributed by atoms with van der Waals surface area (Å²) in [6.07, 6.45) is 1.55. The molecule has 0 saturated carbocycles. The van der Waals surface area contributed by atoms with Gasteiger partial charge in [0.25, 0.3) is 5.91 Å². The van der Waals surface area contributed by atoms with Gasteiger partial charge in [-0.2, -0.15) is 0 Å². The molecule has 0 radical (unpaired) electrons. The third-order valence-electron chi connectivity index (χ3n) is 2.81. The van der Waals surface area contributed by atoms with Crippen LogP contribution in [-0.2, 0) is 6.54 Å². The maximum Gasteiger partial charge on any atom is 0.254 e. The Balaban J connectivity index is 2.12. The molecular formula is C14H15BrN4O. The van der Waals surface area contributed by atoms with Crippen molar-refractivity contribution in [3.05, 3.63) is 58.2 Å². The van der Waals surface area contributed by atoms with Gasteiger partial charge in [0, 0.05) is 29.8 Å². The van der Waals surface area contributed by atoms with Crippen molar-refractivity contribution in [3.8, 4) is 0 Å². The maximum absolute atomic E-state index is 12.3. The van der Waals surface area contributed by atoms with Crippen molar-refractivity contribution in [1.82, 2.24) is 9.88 Å². The largest absolute Gasteiger partial charge is 0.337 e. The molecule has 0 spiro atoms. The van der Waals surface area contributed by atoms with Crippen LogP contribution in [0, 0.1) is 0 Å². The van der Waals surface area contributed by atoms with E-state index in [0.717, 1.165) is 10.0 Å². The molecule has 2 aromatic rings. The normalized spacial score (nSPS) is 10.2. The number of nitrogens with one attached hydrogen (secondary N) is 1. The molecule has 2 rings (SSSR count). The molecule has 1 aromatic carbocycles. The number of carbonyl (C=O) groups excluding carboxylic acids is 1. The van der Waals surface area contributed by atoms with E-state index in [1.54, 1.807) is 30.3 Å². The molecule has 1 amide bonds. The molecular weight excluding hydrogens is 320 g/mol. The zero-order valence-corrected chi connectivity index (χ0v) is 12.6. The lowest BCUT2D eigenvalue weighted by Crippen LogP contribution is -2.26. The highest BCUT2D eigenvalue weighted by Crippen LogP contribution is 2.14. The molecule has 0 unspecified atom stereocenters. The monoisotopic (exact) mass is 334 g/mol. The highest BCUT2D eigenvalue weighted by Gasteiger charge is 2.12. The van der Waals surface area contributed by atoms with Gasteiger partial charge >= 0.3 is 0 Å². The number of hydrogen-bond acceptors (Lipinski definition) is 4. The number of nitrogens with zero attached hydrogens (tertiary/aromatic N) is 2. The summed E-state index contributed by atoms with van der Waals surface area (Å²) in [5, 5.41) is 0. The molecule has 6 heteroatoms. The Morgan fingerprint density at radius 1 is 1.40 bits per heavy atom. The summed E-state index contributed by atoms with van der Waals surface area (Å²) in [5.74, 6) is 5.68. The average Bonchev–Trinajstić information content (AvgIpc) is 2.46. The minimum absolute atomic E-state index is 0.0797. The van der Waals surface area contributed by atoms with E-state index < -0.39 is 0 Å². The predicted octanol–water partition coefficient (Wildman–Crippen LogP) is 2.40. The molecule has 5 nitrogen and oxygen atoms in total.